The molecule has 1 aromatic carbocycles. The number of hydrogen-bond acceptors (Lipinski definition) is 5. The third-order valence-electron chi connectivity index (χ3n) is 3.91. The predicted octanol–water partition coefficient (Wildman–Crippen LogP) is 2.19. The van der Waals surface area contributed by atoms with Crippen molar-refractivity contribution in [3.8, 4) is 0 Å². The number of methoxy groups -OCH3 is 2. The molecule has 0 aliphatic carbocycles. The minimum absolute atomic E-state index is 0.105. The highest BCUT2D eigenvalue weighted by molar-refractivity contribution is 5.89. The van der Waals surface area contributed by atoms with E-state index < -0.39 is 23.3 Å². The molecule has 1 unspecified atom stereocenters. The first kappa shape index (κ1) is 18.5. The monoisotopic (exact) mass is 346 g/mol. The highest BCUT2D eigenvalue weighted by Crippen LogP contribution is 2.27. The number of nitrogens with one attached hydrogen (secondary N) is 1. The maximum absolute atomic E-state index is 14.0. The van der Waals surface area contributed by atoms with Gasteiger partial charge in [-0.25, -0.2) is 9.18 Å². The lowest BCUT2D eigenvalue weighted by atomic mass is 9.94. The van der Waals surface area contributed by atoms with Crippen molar-refractivity contribution < 1.29 is 23.5 Å². The van der Waals surface area contributed by atoms with E-state index in [0.717, 1.165) is 0 Å². The summed E-state index contributed by atoms with van der Waals surface area (Å²) in [5.41, 5.74) is -0.486. The number of benzene rings is 1. The molecular formula is C18H19FN2O4. The summed E-state index contributed by atoms with van der Waals surface area (Å²) in [4.78, 5) is 28.0. The Balaban J connectivity index is 2.10. The van der Waals surface area contributed by atoms with E-state index in [1.54, 1.807) is 24.3 Å². The number of rotatable bonds is 6. The highest BCUT2D eigenvalue weighted by atomic mass is 19.1. The number of hydrogen-bond donors (Lipinski definition) is 1. The van der Waals surface area contributed by atoms with Crippen molar-refractivity contribution in [2.24, 2.45) is 0 Å². The van der Waals surface area contributed by atoms with Crippen molar-refractivity contribution >= 4 is 11.9 Å². The highest BCUT2D eigenvalue weighted by Gasteiger charge is 2.37. The lowest BCUT2D eigenvalue weighted by Gasteiger charge is -2.27. The molecule has 1 N–H and O–H groups in total. The minimum atomic E-state index is -1.47. The van der Waals surface area contributed by atoms with Crippen LogP contribution in [0.3, 0.4) is 0 Å². The molecule has 1 aromatic heterocycles. The Bertz CT molecular complexity index is 764. The van der Waals surface area contributed by atoms with Gasteiger partial charge in [0.05, 0.1) is 24.9 Å². The molecule has 2 rings (SSSR count). The first-order chi connectivity index (χ1) is 11.9. The van der Waals surface area contributed by atoms with Gasteiger partial charge in [0.15, 0.2) is 5.60 Å². The zero-order valence-electron chi connectivity index (χ0n) is 14.2. The molecular weight excluding hydrogens is 327 g/mol. The Morgan fingerprint density at radius 3 is 2.48 bits per heavy atom. The molecule has 0 radical (unpaired) electrons. The fraction of sp³-hybridized carbons (Fsp3) is 0.278. The quantitative estimate of drug-likeness (QED) is 0.811. The van der Waals surface area contributed by atoms with Crippen LogP contribution in [0, 0.1) is 5.82 Å². The minimum Gasteiger partial charge on any atom is -0.465 e. The fourth-order valence-corrected chi connectivity index (χ4v) is 2.28. The Morgan fingerprint density at radius 1 is 1.20 bits per heavy atom. The summed E-state index contributed by atoms with van der Waals surface area (Å²) in [5, 5.41) is 2.67. The molecule has 1 atom stereocenters. The van der Waals surface area contributed by atoms with Gasteiger partial charge in [0.2, 0.25) is 0 Å². The zero-order valence-corrected chi connectivity index (χ0v) is 14.2. The van der Waals surface area contributed by atoms with Gasteiger partial charge in [-0.15, -0.1) is 0 Å². The number of nitrogens with zero attached hydrogens (tertiary/aromatic N) is 1. The van der Waals surface area contributed by atoms with Gasteiger partial charge in [-0.05, 0) is 25.1 Å². The summed E-state index contributed by atoms with van der Waals surface area (Å²) >= 11 is 0. The van der Waals surface area contributed by atoms with E-state index in [2.05, 4.69) is 15.0 Å². The lowest BCUT2D eigenvalue weighted by molar-refractivity contribution is -0.143. The molecule has 0 aliphatic heterocycles. The molecule has 25 heavy (non-hydrogen) atoms. The topological polar surface area (TPSA) is 77.5 Å². The molecule has 0 fully saturated rings. The van der Waals surface area contributed by atoms with E-state index in [4.69, 9.17) is 4.74 Å². The van der Waals surface area contributed by atoms with Crippen LogP contribution in [-0.4, -0.2) is 31.1 Å². The number of esters is 1. The molecule has 0 spiro atoms. The fourth-order valence-electron chi connectivity index (χ4n) is 2.28. The van der Waals surface area contributed by atoms with Crippen LogP contribution in [0.4, 0.5) is 4.39 Å². The summed E-state index contributed by atoms with van der Waals surface area (Å²) < 4.78 is 23.9. The van der Waals surface area contributed by atoms with Crippen molar-refractivity contribution in [1.29, 1.82) is 0 Å². The Labute approximate surface area is 145 Å². The van der Waals surface area contributed by atoms with Gasteiger partial charge in [-0.1, -0.05) is 18.2 Å². The number of carbonyl (C=O) groups is 2. The van der Waals surface area contributed by atoms with Gasteiger partial charge in [-0.3, -0.25) is 9.78 Å². The van der Waals surface area contributed by atoms with Gasteiger partial charge in [0.1, 0.15) is 5.82 Å². The number of carbonyl (C=O) groups excluding carboxylic acids is 2. The van der Waals surface area contributed by atoms with Crippen LogP contribution in [0.5, 0.6) is 0 Å². The molecule has 0 aliphatic rings. The maximum Gasteiger partial charge on any atom is 0.339 e. The second kappa shape index (κ2) is 7.85. The van der Waals surface area contributed by atoms with Crippen LogP contribution in [0.15, 0.2) is 42.6 Å². The van der Waals surface area contributed by atoms with Crippen LogP contribution in [-0.2, 0) is 26.4 Å². The summed E-state index contributed by atoms with van der Waals surface area (Å²) in [6.07, 6.45) is 1.36. The molecule has 0 saturated heterocycles. The Hall–Kier alpha value is -2.80. The summed E-state index contributed by atoms with van der Waals surface area (Å²) in [7, 11) is 2.63. The van der Waals surface area contributed by atoms with E-state index in [1.165, 1.54) is 39.5 Å². The average Bonchev–Trinajstić information content (AvgIpc) is 2.65. The van der Waals surface area contributed by atoms with E-state index in [0.29, 0.717) is 11.3 Å². The maximum atomic E-state index is 14.0. The molecule has 0 saturated carbocycles. The summed E-state index contributed by atoms with van der Waals surface area (Å²) in [6, 6.07) is 9.09. The molecule has 2 aromatic rings. The predicted molar refractivity (Wildman–Crippen MR) is 88.2 cm³/mol. The van der Waals surface area contributed by atoms with Gasteiger partial charge in [0.25, 0.3) is 5.91 Å². The second-order valence-corrected chi connectivity index (χ2v) is 5.43. The number of ether oxygens (including phenoxy) is 2. The van der Waals surface area contributed by atoms with Crippen molar-refractivity contribution in [2.75, 3.05) is 14.2 Å². The second-order valence-electron chi connectivity index (χ2n) is 5.43. The number of pyridine rings is 1. The number of amides is 1. The standard InChI is InChI=1S/C18H19FN2O4/c1-18(25-3,14-6-4-5-7-15(14)19)17(23)21-11-13-9-8-12(10-20-13)16(22)24-2/h4-10H,11H2,1-3H3,(H,21,23). The number of aromatic nitrogens is 1. The molecule has 1 amide bonds. The zero-order chi connectivity index (χ0) is 18.4. The normalized spacial score (nSPS) is 13.0. The smallest absolute Gasteiger partial charge is 0.339 e. The van der Waals surface area contributed by atoms with Crippen molar-refractivity contribution in [1.82, 2.24) is 10.3 Å². The molecule has 132 valence electrons. The van der Waals surface area contributed by atoms with Crippen molar-refractivity contribution in [3.05, 3.63) is 65.2 Å². The van der Waals surface area contributed by atoms with Crippen molar-refractivity contribution in [2.45, 2.75) is 19.1 Å². The third kappa shape index (κ3) is 4.00. The van der Waals surface area contributed by atoms with Gasteiger partial charge < -0.3 is 14.8 Å². The van der Waals surface area contributed by atoms with E-state index in [-0.39, 0.29) is 12.1 Å². The van der Waals surface area contributed by atoms with Crippen LogP contribution in [0.2, 0.25) is 0 Å². The Morgan fingerprint density at radius 2 is 1.92 bits per heavy atom. The van der Waals surface area contributed by atoms with Gasteiger partial charge in [-0.2, -0.15) is 0 Å². The third-order valence-corrected chi connectivity index (χ3v) is 3.91. The van der Waals surface area contributed by atoms with Crippen LogP contribution in [0.25, 0.3) is 0 Å². The van der Waals surface area contributed by atoms with Gasteiger partial charge >= 0.3 is 5.97 Å². The molecule has 0 bridgehead atoms. The average molecular weight is 346 g/mol. The van der Waals surface area contributed by atoms with Crippen LogP contribution in [0.1, 0.15) is 28.5 Å². The number of halogens is 1. The van der Waals surface area contributed by atoms with E-state index in [9.17, 15) is 14.0 Å². The molecule has 1 heterocycles. The SMILES string of the molecule is COC(=O)c1ccc(CNC(=O)C(C)(OC)c2ccccc2F)nc1. The lowest BCUT2D eigenvalue weighted by Crippen LogP contribution is -2.44. The molecule has 7 heteroatoms. The van der Waals surface area contributed by atoms with Crippen LogP contribution < -0.4 is 5.32 Å². The van der Waals surface area contributed by atoms with Crippen LogP contribution >= 0.6 is 0 Å². The summed E-state index contributed by atoms with van der Waals surface area (Å²) in [6.45, 7) is 1.60. The summed E-state index contributed by atoms with van der Waals surface area (Å²) in [5.74, 6) is -1.52. The first-order valence-electron chi connectivity index (χ1n) is 7.54. The van der Waals surface area contributed by atoms with E-state index >= 15 is 0 Å². The van der Waals surface area contributed by atoms with Crippen molar-refractivity contribution in [3.63, 3.8) is 0 Å². The van der Waals surface area contributed by atoms with Gasteiger partial charge in [0, 0.05) is 18.9 Å². The first-order valence-corrected chi connectivity index (χ1v) is 7.54. The molecule has 6 nitrogen and oxygen atoms in total. The van der Waals surface area contributed by atoms with E-state index in [1.807, 2.05) is 0 Å². The Kier molecular flexibility index (Phi) is 5.82. The largest absolute Gasteiger partial charge is 0.465 e.